The van der Waals surface area contributed by atoms with Gasteiger partial charge >= 0.3 is 0 Å². The van der Waals surface area contributed by atoms with E-state index in [-0.39, 0.29) is 5.91 Å². The molecular formula is C15H12BrClN2O2. The molecule has 0 aliphatic carbocycles. The average Bonchev–Trinajstić information content (AvgIpc) is 2.49. The highest BCUT2D eigenvalue weighted by molar-refractivity contribution is 9.10. The smallest absolute Gasteiger partial charge is 0.267 e. The summed E-state index contributed by atoms with van der Waals surface area (Å²) in [6, 6.07) is 12.7. The minimum Gasteiger partial charge on any atom is -0.477 e. The van der Waals surface area contributed by atoms with Gasteiger partial charge in [-0.05, 0) is 46.3 Å². The second-order valence-electron chi connectivity index (χ2n) is 4.60. The number of fused-ring (bicyclic) bond motifs is 1. The molecule has 2 N–H and O–H groups in total. The quantitative estimate of drug-likeness (QED) is 0.846. The number of halogens is 2. The van der Waals surface area contributed by atoms with Crippen LogP contribution in [0.5, 0.6) is 5.75 Å². The highest BCUT2D eigenvalue weighted by atomic mass is 79.9. The Morgan fingerprint density at radius 2 is 2.14 bits per heavy atom. The zero-order chi connectivity index (χ0) is 14.8. The largest absolute Gasteiger partial charge is 0.477 e. The monoisotopic (exact) mass is 366 g/mol. The molecule has 3 rings (SSSR count). The molecule has 1 amide bonds. The van der Waals surface area contributed by atoms with E-state index in [9.17, 15) is 4.79 Å². The number of nitrogens with one attached hydrogen (secondary N) is 2. The van der Waals surface area contributed by atoms with Crippen LogP contribution in [0.3, 0.4) is 0 Å². The zero-order valence-corrected chi connectivity index (χ0v) is 13.2. The van der Waals surface area contributed by atoms with Crippen LogP contribution < -0.4 is 15.4 Å². The molecule has 1 heterocycles. The van der Waals surface area contributed by atoms with Crippen LogP contribution in [0, 0.1) is 0 Å². The standard InChI is InChI=1S/C15H12BrClN2O2/c16-10-7-9(17)5-6-11(10)19-15(20)14-8-18-12-3-1-2-4-13(12)21-14/h1-7,14,18H,8H2,(H,19,20). The van der Waals surface area contributed by atoms with E-state index in [0.29, 0.717) is 23.0 Å². The van der Waals surface area contributed by atoms with Gasteiger partial charge in [0, 0.05) is 9.50 Å². The van der Waals surface area contributed by atoms with Gasteiger partial charge in [-0.15, -0.1) is 0 Å². The van der Waals surface area contributed by atoms with Gasteiger partial charge in [-0.2, -0.15) is 0 Å². The van der Waals surface area contributed by atoms with Crippen molar-refractivity contribution in [2.24, 2.45) is 0 Å². The lowest BCUT2D eigenvalue weighted by molar-refractivity contribution is -0.122. The molecule has 0 aromatic heterocycles. The van der Waals surface area contributed by atoms with Crippen LogP contribution in [0.15, 0.2) is 46.9 Å². The van der Waals surface area contributed by atoms with Crippen LogP contribution in [0.1, 0.15) is 0 Å². The van der Waals surface area contributed by atoms with Crippen molar-refractivity contribution < 1.29 is 9.53 Å². The zero-order valence-electron chi connectivity index (χ0n) is 10.9. The van der Waals surface area contributed by atoms with Crippen LogP contribution in [0.25, 0.3) is 0 Å². The fourth-order valence-corrected chi connectivity index (χ4v) is 2.85. The van der Waals surface area contributed by atoms with Gasteiger partial charge in [-0.25, -0.2) is 0 Å². The number of rotatable bonds is 2. The number of hydrogen-bond acceptors (Lipinski definition) is 3. The van der Waals surface area contributed by atoms with E-state index in [0.717, 1.165) is 10.2 Å². The average molecular weight is 368 g/mol. The Balaban J connectivity index is 1.72. The lowest BCUT2D eigenvalue weighted by Crippen LogP contribution is -2.41. The molecule has 1 unspecified atom stereocenters. The molecular weight excluding hydrogens is 356 g/mol. The summed E-state index contributed by atoms with van der Waals surface area (Å²) in [6.45, 7) is 0.425. The Bertz CT molecular complexity index is 693. The molecule has 0 saturated carbocycles. The fraction of sp³-hybridized carbons (Fsp3) is 0.133. The van der Waals surface area contributed by atoms with Gasteiger partial charge in [-0.3, -0.25) is 4.79 Å². The number of ether oxygens (including phenoxy) is 1. The Kier molecular flexibility index (Phi) is 4.03. The van der Waals surface area contributed by atoms with Gasteiger partial charge in [0.25, 0.3) is 5.91 Å². The summed E-state index contributed by atoms with van der Waals surface area (Å²) >= 11 is 9.25. The first-order chi connectivity index (χ1) is 10.1. The van der Waals surface area contributed by atoms with Crippen LogP contribution in [0.2, 0.25) is 5.02 Å². The first kappa shape index (κ1) is 14.2. The minimum atomic E-state index is -0.581. The molecule has 1 atom stereocenters. The van der Waals surface area contributed by atoms with Crippen LogP contribution in [-0.4, -0.2) is 18.6 Å². The van der Waals surface area contributed by atoms with Crippen molar-refractivity contribution in [1.82, 2.24) is 0 Å². The van der Waals surface area contributed by atoms with Crippen molar-refractivity contribution in [3.05, 3.63) is 52.0 Å². The molecule has 108 valence electrons. The summed E-state index contributed by atoms with van der Waals surface area (Å²) in [4.78, 5) is 12.3. The van der Waals surface area contributed by atoms with Gasteiger partial charge in [0.05, 0.1) is 17.9 Å². The van der Waals surface area contributed by atoms with E-state index in [4.69, 9.17) is 16.3 Å². The molecule has 1 aliphatic heterocycles. The normalized spacial score (nSPS) is 16.4. The van der Waals surface area contributed by atoms with Gasteiger partial charge in [0.2, 0.25) is 0 Å². The summed E-state index contributed by atoms with van der Waals surface area (Å²) in [7, 11) is 0. The molecule has 21 heavy (non-hydrogen) atoms. The predicted octanol–water partition coefficient (Wildman–Crippen LogP) is 3.91. The van der Waals surface area contributed by atoms with Crippen LogP contribution >= 0.6 is 27.5 Å². The first-order valence-corrected chi connectivity index (χ1v) is 7.56. The summed E-state index contributed by atoms with van der Waals surface area (Å²) in [5, 5.41) is 6.61. The van der Waals surface area contributed by atoms with Crippen molar-refractivity contribution in [1.29, 1.82) is 0 Å². The molecule has 1 aliphatic rings. The minimum absolute atomic E-state index is 0.208. The van der Waals surface area contributed by atoms with E-state index < -0.39 is 6.10 Å². The van der Waals surface area contributed by atoms with Crippen LogP contribution in [-0.2, 0) is 4.79 Å². The number of carbonyl (C=O) groups excluding carboxylic acids is 1. The van der Waals surface area contributed by atoms with Crippen LogP contribution in [0.4, 0.5) is 11.4 Å². The van der Waals surface area contributed by atoms with Gasteiger partial charge in [0.15, 0.2) is 6.10 Å². The van der Waals surface area contributed by atoms with E-state index in [1.165, 1.54) is 0 Å². The SMILES string of the molecule is O=C(Nc1ccc(Cl)cc1Br)C1CNc2ccccc2O1. The van der Waals surface area contributed by atoms with Crippen molar-refractivity contribution >= 4 is 44.8 Å². The number of benzene rings is 2. The summed E-state index contributed by atoms with van der Waals surface area (Å²) in [6.07, 6.45) is -0.581. The lowest BCUT2D eigenvalue weighted by atomic mass is 10.2. The summed E-state index contributed by atoms with van der Waals surface area (Å²) in [5.41, 5.74) is 1.56. The second-order valence-corrected chi connectivity index (χ2v) is 5.89. The number of hydrogen-bond donors (Lipinski definition) is 2. The van der Waals surface area contributed by atoms with E-state index >= 15 is 0 Å². The Hall–Kier alpha value is -1.72. The lowest BCUT2D eigenvalue weighted by Gasteiger charge is -2.26. The molecule has 2 aromatic rings. The van der Waals surface area contributed by atoms with E-state index in [1.807, 2.05) is 24.3 Å². The van der Waals surface area contributed by atoms with Gasteiger partial charge in [0.1, 0.15) is 5.75 Å². The first-order valence-electron chi connectivity index (χ1n) is 6.39. The Labute approximate surface area is 135 Å². The molecule has 0 bridgehead atoms. The molecule has 4 nitrogen and oxygen atoms in total. The maximum absolute atomic E-state index is 12.3. The van der Waals surface area contributed by atoms with Crippen molar-refractivity contribution in [3.63, 3.8) is 0 Å². The number of amides is 1. The topological polar surface area (TPSA) is 50.4 Å². The van der Waals surface area contributed by atoms with E-state index in [2.05, 4.69) is 26.6 Å². The molecule has 6 heteroatoms. The predicted molar refractivity (Wildman–Crippen MR) is 87.1 cm³/mol. The summed E-state index contributed by atoms with van der Waals surface area (Å²) < 4.78 is 6.44. The molecule has 2 aromatic carbocycles. The maximum atomic E-state index is 12.3. The molecule has 0 saturated heterocycles. The Morgan fingerprint density at radius 1 is 1.33 bits per heavy atom. The van der Waals surface area contributed by atoms with Gasteiger partial charge in [-0.1, -0.05) is 23.7 Å². The second kappa shape index (κ2) is 5.95. The number of carbonyl (C=O) groups is 1. The third kappa shape index (κ3) is 3.14. The molecule has 0 spiro atoms. The number of para-hydroxylation sites is 2. The number of anilines is 2. The van der Waals surface area contributed by atoms with Crippen molar-refractivity contribution in [2.45, 2.75) is 6.10 Å². The van der Waals surface area contributed by atoms with E-state index in [1.54, 1.807) is 18.2 Å². The molecule has 0 radical (unpaired) electrons. The highest BCUT2D eigenvalue weighted by Crippen LogP contribution is 2.29. The highest BCUT2D eigenvalue weighted by Gasteiger charge is 2.26. The maximum Gasteiger partial charge on any atom is 0.267 e. The third-order valence-electron chi connectivity index (χ3n) is 3.12. The summed E-state index contributed by atoms with van der Waals surface area (Å²) in [5.74, 6) is 0.471. The fourth-order valence-electron chi connectivity index (χ4n) is 2.06. The van der Waals surface area contributed by atoms with Gasteiger partial charge < -0.3 is 15.4 Å². The molecule has 0 fully saturated rings. The Morgan fingerprint density at radius 3 is 2.95 bits per heavy atom. The third-order valence-corrected chi connectivity index (χ3v) is 4.01. The van der Waals surface area contributed by atoms with Crippen molar-refractivity contribution in [3.8, 4) is 5.75 Å². The van der Waals surface area contributed by atoms with Crippen molar-refractivity contribution in [2.75, 3.05) is 17.2 Å².